The normalized spacial score (nSPS) is 17.1. The van der Waals surface area contributed by atoms with Crippen LogP contribution >= 0.6 is 23.7 Å². The molecule has 0 aromatic carbocycles. The monoisotopic (exact) mass is 358 g/mol. The molecule has 1 aromatic heterocycles. The zero-order valence-corrected chi connectivity index (χ0v) is 15.8. The van der Waals surface area contributed by atoms with Crippen LogP contribution in [0.15, 0.2) is 11.5 Å². The molecule has 1 aliphatic rings. The number of nitrogens with zero attached hydrogens (tertiary/aromatic N) is 2. The average Bonchev–Trinajstić information content (AvgIpc) is 2.87. The van der Waals surface area contributed by atoms with Gasteiger partial charge in [-0.25, -0.2) is 4.79 Å². The van der Waals surface area contributed by atoms with E-state index in [9.17, 15) is 9.90 Å². The Hall–Kier alpha value is -0.880. The standard InChI is InChI=1S/C17H26N2O2S.ClH/c1-4-14(16-13(2)15(12-22-16)17(20)21)6-5-7-19-10-8-18(3)9-11-19;/h4,12H,5-11H2,1-3H3,(H,20,21);1H. The van der Waals surface area contributed by atoms with Crippen LogP contribution in [0, 0.1) is 6.92 Å². The fraction of sp³-hybridized carbons (Fsp3) is 0.588. The van der Waals surface area contributed by atoms with Gasteiger partial charge in [0.05, 0.1) is 5.56 Å². The molecule has 2 rings (SSSR count). The van der Waals surface area contributed by atoms with Crippen molar-refractivity contribution >= 4 is 35.3 Å². The average molecular weight is 359 g/mol. The number of carboxylic acids is 1. The van der Waals surface area contributed by atoms with E-state index in [1.165, 1.54) is 5.57 Å². The maximum absolute atomic E-state index is 11.2. The van der Waals surface area contributed by atoms with Crippen molar-refractivity contribution in [2.45, 2.75) is 26.7 Å². The lowest BCUT2D eigenvalue weighted by molar-refractivity contribution is 0.0696. The van der Waals surface area contributed by atoms with Crippen molar-refractivity contribution in [1.82, 2.24) is 9.80 Å². The number of likely N-dealkylation sites (N-methyl/N-ethyl adjacent to an activating group) is 1. The van der Waals surface area contributed by atoms with Gasteiger partial charge in [-0.05, 0) is 51.4 Å². The molecule has 2 heterocycles. The quantitative estimate of drug-likeness (QED) is 0.843. The first-order valence-electron chi connectivity index (χ1n) is 7.90. The number of hydrogen-bond acceptors (Lipinski definition) is 4. The molecule has 1 aliphatic heterocycles. The van der Waals surface area contributed by atoms with Crippen LogP contribution in [0.4, 0.5) is 0 Å². The fourth-order valence-electron chi connectivity index (χ4n) is 2.90. The summed E-state index contributed by atoms with van der Waals surface area (Å²) < 4.78 is 0. The summed E-state index contributed by atoms with van der Waals surface area (Å²) in [7, 11) is 2.18. The number of thiophene rings is 1. The maximum atomic E-state index is 11.2. The van der Waals surface area contributed by atoms with Crippen LogP contribution in [0.2, 0.25) is 0 Å². The summed E-state index contributed by atoms with van der Waals surface area (Å²) in [5.74, 6) is -0.826. The second-order valence-electron chi connectivity index (χ2n) is 5.97. The molecule has 0 bridgehead atoms. The maximum Gasteiger partial charge on any atom is 0.336 e. The summed E-state index contributed by atoms with van der Waals surface area (Å²) >= 11 is 1.55. The predicted octanol–water partition coefficient (Wildman–Crippen LogP) is 3.61. The molecule has 130 valence electrons. The van der Waals surface area contributed by atoms with Gasteiger partial charge in [0.2, 0.25) is 0 Å². The Labute approximate surface area is 149 Å². The van der Waals surface area contributed by atoms with Gasteiger partial charge in [-0.15, -0.1) is 23.7 Å². The molecular formula is C17H27ClN2O2S. The van der Waals surface area contributed by atoms with Gasteiger partial charge in [0.1, 0.15) is 0 Å². The molecule has 0 radical (unpaired) electrons. The zero-order chi connectivity index (χ0) is 16.1. The fourth-order valence-corrected chi connectivity index (χ4v) is 4.07. The van der Waals surface area contributed by atoms with Crippen LogP contribution in [0.5, 0.6) is 0 Å². The van der Waals surface area contributed by atoms with E-state index in [2.05, 4.69) is 22.9 Å². The number of halogens is 1. The van der Waals surface area contributed by atoms with Crippen molar-refractivity contribution in [1.29, 1.82) is 0 Å². The Kier molecular flexibility index (Phi) is 8.26. The van der Waals surface area contributed by atoms with E-state index in [4.69, 9.17) is 0 Å². The molecule has 0 amide bonds. The van der Waals surface area contributed by atoms with Crippen LogP contribution in [0.3, 0.4) is 0 Å². The molecule has 0 unspecified atom stereocenters. The van der Waals surface area contributed by atoms with E-state index in [-0.39, 0.29) is 12.4 Å². The highest BCUT2D eigenvalue weighted by molar-refractivity contribution is 7.11. The van der Waals surface area contributed by atoms with Gasteiger partial charge in [-0.1, -0.05) is 6.08 Å². The van der Waals surface area contributed by atoms with Crippen molar-refractivity contribution in [3.63, 3.8) is 0 Å². The van der Waals surface area contributed by atoms with Gasteiger partial charge in [-0.2, -0.15) is 0 Å². The lowest BCUT2D eigenvalue weighted by atomic mass is 10.0. The Morgan fingerprint density at radius 1 is 1.35 bits per heavy atom. The third-order valence-corrected chi connectivity index (χ3v) is 5.58. The third kappa shape index (κ3) is 5.31. The number of carbonyl (C=O) groups is 1. The van der Waals surface area contributed by atoms with Crippen LogP contribution in [0.25, 0.3) is 5.57 Å². The molecule has 1 saturated heterocycles. The van der Waals surface area contributed by atoms with Gasteiger partial charge in [0.15, 0.2) is 0 Å². The Bertz CT molecular complexity index is 549. The van der Waals surface area contributed by atoms with Crippen LogP contribution in [-0.2, 0) is 0 Å². The number of carboxylic acid groups (broad SMARTS) is 1. The van der Waals surface area contributed by atoms with Crippen molar-refractivity contribution in [2.24, 2.45) is 0 Å². The van der Waals surface area contributed by atoms with Crippen molar-refractivity contribution in [3.8, 4) is 0 Å². The van der Waals surface area contributed by atoms with E-state index in [0.717, 1.165) is 56.0 Å². The third-order valence-electron chi connectivity index (χ3n) is 4.43. The number of allylic oxidation sites excluding steroid dienone is 2. The van der Waals surface area contributed by atoms with Gasteiger partial charge < -0.3 is 14.9 Å². The number of rotatable bonds is 6. The SMILES string of the molecule is CC=C(CCCN1CCN(C)CC1)c1scc(C(=O)O)c1C.Cl. The molecule has 6 heteroatoms. The number of piperazine rings is 1. The van der Waals surface area contributed by atoms with E-state index in [1.54, 1.807) is 16.7 Å². The van der Waals surface area contributed by atoms with Gasteiger partial charge in [0.25, 0.3) is 0 Å². The highest BCUT2D eigenvalue weighted by Crippen LogP contribution is 2.31. The predicted molar refractivity (Wildman–Crippen MR) is 100 cm³/mol. The first kappa shape index (κ1) is 20.2. The molecule has 0 spiro atoms. The second kappa shape index (κ2) is 9.42. The molecule has 1 N–H and O–H groups in total. The minimum Gasteiger partial charge on any atom is -0.478 e. The van der Waals surface area contributed by atoms with Gasteiger partial charge >= 0.3 is 5.97 Å². The topological polar surface area (TPSA) is 43.8 Å². The molecule has 4 nitrogen and oxygen atoms in total. The minimum absolute atomic E-state index is 0. The van der Waals surface area contributed by atoms with Gasteiger partial charge in [-0.3, -0.25) is 0 Å². The lowest BCUT2D eigenvalue weighted by Gasteiger charge is -2.32. The first-order chi connectivity index (χ1) is 10.5. The van der Waals surface area contributed by atoms with E-state index in [0.29, 0.717) is 5.56 Å². The summed E-state index contributed by atoms with van der Waals surface area (Å²) in [6, 6.07) is 0. The minimum atomic E-state index is -0.826. The van der Waals surface area contributed by atoms with Crippen LogP contribution < -0.4 is 0 Å². The molecule has 0 saturated carbocycles. The van der Waals surface area contributed by atoms with E-state index >= 15 is 0 Å². The first-order valence-corrected chi connectivity index (χ1v) is 8.78. The Balaban J connectivity index is 0.00000264. The molecule has 1 aromatic rings. The number of aromatic carboxylic acids is 1. The van der Waals surface area contributed by atoms with Gasteiger partial charge in [0, 0.05) is 36.4 Å². The van der Waals surface area contributed by atoms with E-state index < -0.39 is 5.97 Å². The molecular weight excluding hydrogens is 332 g/mol. The van der Waals surface area contributed by atoms with Crippen molar-refractivity contribution < 1.29 is 9.90 Å². The molecule has 23 heavy (non-hydrogen) atoms. The Morgan fingerprint density at radius 3 is 2.52 bits per heavy atom. The molecule has 1 fully saturated rings. The highest BCUT2D eigenvalue weighted by atomic mass is 35.5. The summed E-state index contributed by atoms with van der Waals surface area (Å²) in [5.41, 5.74) is 2.63. The highest BCUT2D eigenvalue weighted by Gasteiger charge is 2.17. The number of hydrogen-bond donors (Lipinski definition) is 1. The van der Waals surface area contributed by atoms with Crippen LogP contribution in [0.1, 0.15) is 40.6 Å². The van der Waals surface area contributed by atoms with Crippen LogP contribution in [-0.4, -0.2) is 60.6 Å². The summed E-state index contributed by atoms with van der Waals surface area (Å²) in [4.78, 5) is 17.2. The zero-order valence-electron chi connectivity index (χ0n) is 14.2. The lowest BCUT2D eigenvalue weighted by Crippen LogP contribution is -2.44. The van der Waals surface area contributed by atoms with Crippen molar-refractivity contribution in [3.05, 3.63) is 27.5 Å². The summed E-state index contributed by atoms with van der Waals surface area (Å²) in [6.45, 7) is 9.71. The smallest absolute Gasteiger partial charge is 0.336 e. The summed E-state index contributed by atoms with van der Waals surface area (Å²) in [6.07, 6.45) is 4.28. The second-order valence-corrected chi connectivity index (χ2v) is 6.85. The van der Waals surface area contributed by atoms with E-state index in [1.807, 2.05) is 13.8 Å². The Morgan fingerprint density at radius 2 is 2.00 bits per heavy atom. The molecule has 0 aliphatic carbocycles. The van der Waals surface area contributed by atoms with Crippen molar-refractivity contribution in [2.75, 3.05) is 39.8 Å². The largest absolute Gasteiger partial charge is 0.478 e. The molecule has 0 atom stereocenters. The summed E-state index contributed by atoms with van der Waals surface area (Å²) in [5, 5.41) is 10.9.